The van der Waals surface area contributed by atoms with Crippen molar-refractivity contribution in [2.24, 2.45) is 10.9 Å². The van der Waals surface area contributed by atoms with Crippen LogP contribution in [0.15, 0.2) is 119 Å². The predicted molar refractivity (Wildman–Crippen MR) is 192 cm³/mol. The molecule has 5 aromatic rings. The normalized spacial score (nSPS) is 14.4. The molecule has 250 valence electrons. The van der Waals surface area contributed by atoms with E-state index in [1.807, 2.05) is 83.7 Å². The molecule has 1 aliphatic heterocycles. The highest BCUT2D eigenvalue weighted by atomic mass is 32.1. The fourth-order valence-electron chi connectivity index (χ4n) is 5.59. The van der Waals surface area contributed by atoms with Crippen molar-refractivity contribution in [1.29, 1.82) is 0 Å². The molecule has 1 aliphatic rings. The van der Waals surface area contributed by atoms with Gasteiger partial charge in [0, 0.05) is 17.3 Å². The zero-order valence-electron chi connectivity index (χ0n) is 28.0. The number of hydrogen-bond donors (Lipinski definition) is 0. The second kappa shape index (κ2) is 14.7. The van der Waals surface area contributed by atoms with Crippen molar-refractivity contribution < 1.29 is 19.0 Å². The van der Waals surface area contributed by atoms with Crippen molar-refractivity contribution in [2.75, 3.05) is 20.3 Å². The quantitative estimate of drug-likeness (QED) is 0.115. The van der Waals surface area contributed by atoms with Gasteiger partial charge in [-0.15, -0.1) is 0 Å². The summed E-state index contributed by atoms with van der Waals surface area (Å²) >= 11 is 1.27. The second-order valence-electron chi connectivity index (χ2n) is 12.0. The van der Waals surface area contributed by atoms with Gasteiger partial charge in [0.15, 0.2) is 4.80 Å². The largest absolute Gasteiger partial charge is 0.497 e. The number of methoxy groups -OCH3 is 1. The number of allylic oxidation sites excluding steroid dienone is 1. The molecular weight excluding hydrogens is 637 g/mol. The van der Waals surface area contributed by atoms with Gasteiger partial charge in [-0.25, -0.2) is 14.5 Å². The number of carbonyl (C=O) groups is 1. The maximum absolute atomic E-state index is 14.4. The van der Waals surface area contributed by atoms with Crippen molar-refractivity contribution in [1.82, 2.24) is 14.3 Å². The third-order valence-electron chi connectivity index (χ3n) is 8.15. The molecule has 0 radical (unpaired) electrons. The number of benzene rings is 3. The number of thiazole rings is 1. The molecule has 9 nitrogen and oxygen atoms in total. The molecule has 0 spiro atoms. The Hall–Kier alpha value is -5.48. The Labute approximate surface area is 288 Å². The molecule has 0 bridgehead atoms. The molecule has 1 unspecified atom stereocenters. The monoisotopic (exact) mass is 674 g/mol. The van der Waals surface area contributed by atoms with Crippen LogP contribution in [0.5, 0.6) is 11.5 Å². The molecule has 0 N–H and O–H groups in total. The van der Waals surface area contributed by atoms with E-state index in [-0.39, 0.29) is 12.2 Å². The van der Waals surface area contributed by atoms with Crippen molar-refractivity contribution in [3.05, 3.63) is 140 Å². The molecule has 0 aliphatic carbocycles. The van der Waals surface area contributed by atoms with Crippen molar-refractivity contribution in [2.45, 2.75) is 33.2 Å². The first kappa shape index (κ1) is 33.4. The summed E-state index contributed by atoms with van der Waals surface area (Å²) in [6.07, 6.45) is 6.24. The Morgan fingerprint density at radius 1 is 1.02 bits per heavy atom. The average Bonchev–Trinajstić information content (AvgIpc) is 3.67. The number of fused-ring (bicyclic) bond motifs is 1. The SMILES string of the molecule is C=CCOC(=O)C1=C(C)N=c2s/c(=C\c3cn(-c4ccccc4)nc3-c3ccc(OCCC(C)C)cc3)c(=O)n2C1c1ccc(OC)cc1. The van der Waals surface area contributed by atoms with Gasteiger partial charge in [0.2, 0.25) is 0 Å². The van der Waals surface area contributed by atoms with Gasteiger partial charge in [-0.05, 0) is 79.4 Å². The number of para-hydroxylation sites is 1. The highest BCUT2D eigenvalue weighted by Gasteiger charge is 2.33. The summed E-state index contributed by atoms with van der Waals surface area (Å²) in [5.41, 5.74) is 4.44. The standard InChI is InChI=1S/C39H38N4O5S/c1-6-21-48-38(45)34-26(4)40-39-43(36(34)28-14-16-31(46-5)17-15-28)37(44)33(49-39)23-29-24-42(30-10-8-7-9-11-30)41-35(29)27-12-18-32(19-13-27)47-22-20-25(2)3/h6-19,23-25,36H,1,20-22H2,2-5H3/b33-23-. The van der Waals surface area contributed by atoms with Crippen LogP contribution in [0.3, 0.4) is 0 Å². The Morgan fingerprint density at radius 2 is 1.73 bits per heavy atom. The van der Waals surface area contributed by atoms with Crippen LogP contribution >= 0.6 is 11.3 Å². The first-order valence-electron chi connectivity index (χ1n) is 16.1. The summed E-state index contributed by atoms with van der Waals surface area (Å²) in [5.74, 6) is 1.45. The van der Waals surface area contributed by atoms with E-state index in [1.54, 1.807) is 30.7 Å². The minimum Gasteiger partial charge on any atom is -0.497 e. The maximum atomic E-state index is 14.4. The Kier molecular flexibility index (Phi) is 10.1. The molecule has 0 amide bonds. The first-order valence-corrected chi connectivity index (χ1v) is 16.9. The van der Waals surface area contributed by atoms with Crippen molar-refractivity contribution >= 4 is 23.4 Å². The summed E-state index contributed by atoms with van der Waals surface area (Å²) in [4.78, 5) is 32.9. The number of esters is 1. The van der Waals surface area contributed by atoms with Gasteiger partial charge >= 0.3 is 5.97 Å². The van der Waals surface area contributed by atoms with E-state index in [0.717, 1.165) is 34.5 Å². The highest BCUT2D eigenvalue weighted by Crippen LogP contribution is 2.32. The van der Waals surface area contributed by atoms with E-state index in [1.165, 1.54) is 17.4 Å². The zero-order valence-corrected chi connectivity index (χ0v) is 28.8. The third kappa shape index (κ3) is 7.19. The van der Waals surface area contributed by atoms with E-state index < -0.39 is 12.0 Å². The number of hydrogen-bond acceptors (Lipinski definition) is 8. The highest BCUT2D eigenvalue weighted by molar-refractivity contribution is 7.07. The van der Waals surface area contributed by atoms with Crippen molar-refractivity contribution in [3.63, 3.8) is 0 Å². The van der Waals surface area contributed by atoms with Gasteiger partial charge in [0.1, 0.15) is 23.8 Å². The number of carbonyl (C=O) groups excluding carboxylic acids is 1. The lowest BCUT2D eigenvalue weighted by Crippen LogP contribution is -2.39. The fourth-order valence-corrected chi connectivity index (χ4v) is 6.63. The third-order valence-corrected chi connectivity index (χ3v) is 9.13. The van der Waals surface area contributed by atoms with E-state index in [0.29, 0.717) is 44.6 Å². The van der Waals surface area contributed by atoms with E-state index in [2.05, 4.69) is 20.4 Å². The zero-order chi connectivity index (χ0) is 34.5. The number of aromatic nitrogens is 3. The minimum absolute atomic E-state index is 0.0363. The topological polar surface area (TPSA) is 96.9 Å². The van der Waals surface area contributed by atoms with E-state index in [9.17, 15) is 9.59 Å². The summed E-state index contributed by atoms with van der Waals surface area (Å²) in [6.45, 7) is 10.4. The van der Waals surface area contributed by atoms with Gasteiger partial charge in [-0.2, -0.15) is 5.10 Å². The summed E-state index contributed by atoms with van der Waals surface area (Å²) in [7, 11) is 1.59. The Balaban J connectivity index is 1.47. The van der Waals surface area contributed by atoms with Crippen LogP contribution in [0, 0.1) is 5.92 Å². The maximum Gasteiger partial charge on any atom is 0.338 e. The van der Waals surface area contributed by atoms with E-state index in [4.69, 9.17) is 24.3 Å². The molecule has 3 aromatic carbocycles. The number of nitrogens with zero attached hydrogens (tertiary/aromatic N) is 4. The molecule has 3 heterocycles. The lowest BCUT2D eigenvalue weighted by molar-refractivity contribution is -0.138. The van der Waals surface area contributed by atoms with Gasteiger partial charge in [-0.3, -0.25) is 9.36 Å². The van der Waals surface area contributed by atoms with Crippen LogP contribution in [0.2, 0.25) is 0 Å². The molecule has 6 rings (SSSR count). The summed E-state index contributed by atoms with van der Waals surface area (Å²) in [5, 5.41) is 4.96. The minimum atomic E-state index is -0.753. The number of rotatable bonds is 12. The van der Waals surface area contributed by atoms with Gasteiger partial charge in [0.25, 0.3) is 5.56 Å². The van der Waals surface area contributed by atoms with Gasteiger partial charge in [0.05, 0.1) is 41.2 Å². The van der Waals surface area contributed by atoms with Crippen molar-refractivity contribution in [3.8, 4) is 28.4 Å². The second-order valence-corrected chi connectivity index (χ2v) is 13.0. The number of ether oxygens (including phenoxy) is 3. The lowest BCUT2D eigenvalue weighted by Gasteiger charge is -2.24. The molecule has 49 heavy (non-hydrogen) atoms. The first-order chi connectivity index (χ1) is 23.8. The van der Waals surface area contributed by atoms with Crippen LogP contribution in [-0.2, 0) is 9.53 Å². The molecule has 0 saturated carbocycles. The van der Waals surface area contributed by atoms with Crippen LogP contribution in [0.1, 0.15) is 44.4 Å². The molecule has 0 fully saturated rings. The smallest absolute Gasteiger partial charge is 0.338 e. The van der Waals surface area contributed by atoms with Gasteiger partial charge in [-0.1, -0.05) is 68.2 Å². The van der Waals surface area contributed by atoms with E-state index >= 15 is 0 Å². The van der Waals surface area contributed by atoms with Crippen LogP contribution in [0.25, 0.3) is 23.0 Å². The van der Waals surface area contributed by atoms with Crippen LogP contribution in [0.4, 0.5) is 0 Å². The molecule has 0 saturated heterocycles. The molecule has 1 atom stereocenters. The molecular formula is C39H38N4O5S. The van der Waals surface area contributed by atoms with Crippen LogP contribution < -0.4 is 24.4 Å². The average molecular weight is 675 g/mol. The van der Waals surface area contributed by atoms with Crippen LogP contribution in [-0.4, -0.2) is 40.6 Å². The van der Waals surface area contributed by atoms with Gasteiger partial charge < -0.3 is 14.2 Å². The Bertz CT molecular complexity index is 2180. The molecule has 2 aromatic heterocycles. The fraction of sp³-hybridized carbons (Fsp3) is 0.231. The summed E-state index contributed by atoms with van der Waals surface area (Å²) < 4.78 is 20.6. The molecule has 10 heteroatoms. The predicted octanol–water partition coefficient (Wildman–Crippen LogP) is 6.25. The lowest BCUT2D eigenvalue weighted by atomic mass is 9.96. The Morgan fingerprint density at radius 3 is 2.41 bits per heavy atom. The summed E-state index contributed by atoms with van der Waals surface area (Å²) in [6, 6.07) is 24.2.